The van der Waals surface area contributed by atoms with Crippen LogP contribution in [-0.4, -0.2) is 5.78 Å². The van der Waals surface area contributed by atoms with E-state index < -0.39 is 0 Å². The van der Waals surface area contributed by atoms with Crippen LogP contribution in [0.5, 0.6) is 0 Å². The van der Waals surface area contributed by atoms with Crippen molar-refractivity contribution in [3.8, 4) is 0 Å². The molecule has 19 heavy (non-hydrogen) atoms. The molecule has 0 aliphatic heterocycles. The summed E-state index contributed by atoms with van der Waals surface area (Å²) in [5.41, 5.74) is 0.684. The predicted molar refractivity (Wildman–Crippen MR) is 74.8 cm³/mol. The summed E-state index contributed by atoms with van der Waals surface area (Å²) in [5.74, 6) is 0.0642. The van der Waals surface area contributed by atoms with Gasteiger partial charge in [0.25, 0.3) is 0 Å². The fourth-order valence-electron chi connectivity index (χ4n) is 3.06. The lowest BCUT2D eigenvalue weighted by Crippen LogP contribution is -2.18. The minimum Gasteiger partial charge on any atom is -0.294 e. The number of rotatable bonds is 2. The Morgan fingerprint density at radius 3 is 2.37 bits per heavy atom. The van der Waals surface area contributed by atoms with Gasteiger partial charge in [-0.3, -0.25) is 4.79 Å². The van der Waals surface area contributed by atoms with Gasteiger partial charge in [-0.1, -0.05) is 43.5 Å². The fraction of sp³-hybridized carbons (Fsp3) is 0.353. The molecule has 0 amide bonds. The van der Waals surface area contributed by atoms with Crippen LogP contribution in [0.15, 0.2) is 36.4 Å². The molecule has 0 bridgehead atoms. The first-order valence-corrected chi connectivity index (χ1v) is 6.99. The molecule has 0 N–H and O–H groups in total. The Labute approximate surface area is 112 Å². The zero-order valence-corrected chi connectivity index (χ0v) is 10.9. The Bertz CT molecular complexity index is 612. The van der Waals surface area contributed by atoms with Gasteiger partial charge in [-0.25, -0.2) is 4.39 Å². The number of benzene rings is 2. The Balaban J connectivity index is 2.05. The molecule has 0 heterocycles. The Hall–Kier alpha value is -1.70. The lowest BCUT2D eigenvalue weighted by atomic mass is 9.83. The molecule has 98 valence electrons. The largest absolute Gasteiger partial charge is 0.294 e. The number of ketones is 1. The van der Waals surface area contributed by atoms with Crippen molar-refractivity contribution < 1.29 is 9.18 Å². The van der Waals surface area contributed by atoms with Gasteiger partial charge in [-0.15, -0.1) is 0 Å². The summed E-state index contributed by atoms with van der Waals surface area (Å²) in [6, 6.07) is 10.3. The van der Waals surface area contributed by atoms with E-state index in [-0.39, 0.29) is 17.5 Å². The van der Waals surface area contributed by atoms with E-state index in [1.807, 2.05) is 12.1 Å². The summed E-state index contributed by atoms with van der Waals surface area (Å²) in [6.45, 7) is 0. The molecule has 0 atom stereocenters. The molecule has 3 rings (SSSR count). The lowest BCUT2D eigenvalue weighted by molar-refractivity contribution is 0.0891. The zero-order valence-electron chi connectivity index (χ0n) is 10.9. The van der Waals surface area contributed by atoms with Crippen molar-refractivity contribution in [1.82, 2.24) is 0 Å². The van der Waals surface area contributed by atoms with E-state index in [2.05, 4.69) is 0 Å². The van der Waals surface area contributed by atoms with Crippen molar-refractivity contribution >= 4 is 16.6 Å². The molecule has 0 radical (unpaired) electrons. The van der Waals surface area contributed by atoms with Gasteiger partial charge in [0, 0.05) is 16.9 Å². The van der Waals surface area contributed by atoms with Crippen LogP contribution in [-0.2, 0) is 0 Å². The summed E-state index contributed by atoms with van der Waals surface area (Å²) in [4.78, 5) is 12.6. The van der Waals surface area contributed by atoms with Crippen LogP contribution in [0.1, 0.15) is 42.5 Å². The van der Waals surface area contributed by atoms with E-state index in [0.717, 1.165) is 31.1 Å². The molecule has 0 saturated heterocycles. The van der Waals surface area contributed by atoms with Gasteiger partial charge in [0.05, 0.1) is 0 Å². The van der Waals surface area contributed by atoms with Crippen LogP contribution < -0.4 is 0 Å². The molecule has 2 aromatic rings. The first kappa shape index (κ1) is 12.3. The van der Waals surface area contributed by atoms with E-state index in [1.54, 1.807) is 18.2 Å². The van der Waals surface area contributed by atoms with Gasteiger partial charge < -0.3 is 0 Å². The van der Waals surface area contributed by atoms with Crippen LogP contribution in [0.4, 0.5) is 4.39 Å². The molecular formula is C17H17FO. The summed E-state index contributed by atoms with van der Waals surface area (Å²) in [5, 5.41) is 1.29. The van der Waals surface area contributed by atoms with E-state index in [1.165, 1.54) is 12.5 Å². The second kappa shape index (κ2) is 5.12. The highest BCUT2D eigenvalue weighted by atomic mass is 19.1. The molecule has 1 aliphatic rings. The van der Waals surface area contributed by atoms with Crippen molar-refractivity contribution in [1.29, 1.82) is 0 Å². The van der Waals surface area contributed by atoms with Crippen molar-refractivity contribution in [2.45, 2.75) is 32.1 Å². The van der Waals surface area contributed by atoms with Gasteiger partial charge in [-0.2, -0.15) is 0 Å². The minimum absolute atomic E-state index is 0.127. The minimum atomic E-state index is -0.254. The SMILES string of the molecule is O=C(c1ccc(F)c2ccccc12)C1CCCCC1. The number of hydrogen-bond donors (Lipinski definition) is 0. The smallest absolute Gasteiger partial charge is 0.166 e. The van der Waals surface area contributed by atoms with Gasteiger partial charge in [0.15, 0.2) is 5.78 Å². The first-order chi connectivity index (χ1) is 9.27. The highest BCUT2D eigenvalue weighted by Crippen LogP contribution is 2.30. The van der Waals surface area contributed by atoms with Crippen molar-refractivity contribution in [2.75, 3.05) is 0 Å². The molecule has 1 nitrogen and oxygen atoms in total. The number of hydrogen-bond acceptors (Lipinski definition) is 1. The van der Waals surface area contributed by atoms with E-state index in [4.69, 9.17) is 0 Å². The number of carbonyl (C=O) groups is 1. The standard InChI is InChI=1S/C17H17FO/c18-16-11-10-15(13-8-4-5-9-14(13)16)17(19)12-6-2-1-3-7-12/h4-5,8-12H,1-3,6-7H2. The van der Waals surface area contributed by atoms with Gasteiger partial charge in [0.1, 0.15) is 5.82 Å². The Kier molecular flexibility index (Phi) is 3.33. The number of halogens is 1. The number of fused-ring (bicyclic) bond motifs is 1. The second-order valence-electron chi connectivity index (χ2n) is 5.34. The highest BCUT2D eigenvalue weighted by Gasteiger charge is 2.23. The lowest BCUT2D eigenvalue weighted by Gasteiger charge is -2.21. The first-order valence-electron chi connectivity index (χ1n) is 6.99. The van der Waals surface area contributed by atoms with Crippen molar-refractivity contribution in [3.05, 3.63) is 47.8 Å². The van der Waals surface area contributed by atoms with E-state index >= 15 is 0 Å². The van der Waals surface area contributed by atoms with Crippen LogP contribution >= 0.6 is 0 Å². The summed E-state index contributed by atoms with van der Waals surface area (Å²) < 4.78 is 13.8. The monoisotopic (exact) mass is 256 g/mol. The van der Waals surface area contributed by atoms with E-state index in [9.17, 15) is 9.18 Å². The Morgan fingerprint density at radius 2 is 1.63 bits per heavy atom. The molecule has 1 saturated carbocycles. The third-order valence-electron chi connectivity index (χ3n) is 4.11. The molecular weight excluding hydrogens is 239 g/mol. The maximum atomic E-state index is 13.8. The predicted octanol–water partition coefficient (Wildman–Crippen LogP) is 4.74. The molecule has 0 spiro atoms. The second-order valence-corrected chi connectivity index (χ2v) is 5.34. The molecule has 0 unspecified atom stereocenters. The van der Waals surface area contributed by atoms with Gasteiger partial charge in [0.2, 0.25) is 0 Å². The molecule has 2 aromatic carbocycles. The van der Waals surface area contributed by atoms with Gasteiger partial charge >= 0.3 is 0 Å². The maximum absolute atomic E-state index is 13.8. The summed E-state index contributed by atoms with van der Waals surface area (Å²) in [6.07, 6.45) is 5.45. The number of Topliss-reactive ketones (excluding diaryl/α,β-unsaturated/α-hetero) is 1. The van der Waals surface area contributed by atoms with Crippen LogP contribution in [0.2, 0.25) is 0 Å². The average Bonchev–Trinajstić information content (AvgIpc) is 2.48. The normalized spacial score (nSPS) is 16.7. The van der Waals surface area contributed by atoms with Crippen LogP contribution in [0, 0.1) is 11.7 Å². The molecule has 1 aliphatic carbocycles. The third-order valence-corrected chi connectivity index (χ3v) is 4.11. The fourth-order valence-corrected chi connectivity index (χ4v) is 3.06. The van der Waals surface area contributed by atoms with Crippen molar-refractivity contribution in [2.24, 2.45) is 5.92 Å². The summed E-state index contributed by atoms with van der Waals surface area (Å²) >= 11 is 0. The summed E-state index contributed by atoms with van der Waals surface area (Å²) in [7, 11) is 0. The van der Waals surface area contributed by atoms with Crippen molar-refractivity contribution in [3.63, 3.8) is 0 Å². The molecule has 2 heteroatoms. The highest BCUT2D eigenvalue weighted by molar-refractivity contribution is 6.09. The molecule has 0 aromatic heterocycles. The maximum Gasteiger partial charge on any atom is 0.166 e. The van der Waals surface area contributed by atoms with Gasteiger partial charge in [-0.05, 0) is 30.4 Å². The number of carbonyl (C=O) groups excluding carboxylic acids is 1. The van der Waals surface area contributed by atoms with Crippen LogP contribution in [0.3, 0.4) is 0 Å². The Morgan fingerprint density at radius 1 is 0.947 bits per heavy atom. The van der Waals surface area contributed by atoms with E-state index in [0.29, 0.717) is 10.9 Å². The molecule has 1 fully saturated rings. The third kappa shape index (κ3) is 2.27. The average molecular weight is 256 g/mol. The zero-order chi connectivity index (χ0) is 13.2. The topological polar surface area (TPSA) is 17.1 Å². The quantitative estimate of drug-likeness (QED) is 0.709. The van der Waals surface area contributed by atoms with Crippen LogP contribution in [0.25, 0.3) is 10.8 Å².